The van der Waals surface area contributed by atoms with Gasteiger partial charge in [-0.2, -0.15) is 0 Å². The van der Waals surface area contributed by atoms with Crippen LogP contribution in [-0.2, 0) is 10.5 Å². The molecule has 3 heterocycles. The molecule has 2 amide bonds. The lowest BCUT2D eigenvalue weighted by Crippen LogP contribution is -2.53. The van der Waals surface area contributed by atoms with Crippen LogP contribution in [0.15, 0.2) is 33.7 Å². The van der Waals surface area contributed by atoms with Crippen LogP contribution in [0.2, 0.25) is 0 Å². The molecule has 8 heteroatoms. The van der Waals surface area contributed by atoms with E-state index >= 15 is 0 Å². The van der Waals surface area contributed by atoms with Crippen molar-refractivity contribution in [3.05, 3.63) is 46.8 Å². The minimum absolute atomic E-state index is 0.0625. The number of carbonyl (C=O) groups is 2. The summed E-state index contributed by atoms with van der Waals surface area (Å²) in [6, 6.07) is 8.14. The van der Waals surface area contributed by atoms with Crippen molar-refractivity contribution in [2.45, 2.75) is 56.7 Å². The van der Waals surface area contributed by atoms with Crippen LogP contribution in [0.4, 0.5) is 0 Å². The number of piperidine rings is 1. The van der Waals surface area contributed by atoms with Gasteiger partial charge in [-0.05, 0) is 52.2 Å². The Bertz CT molecular complexity index is 964. The first-order chi connectivity index (χ1) is 15.9. The quantitative estimate of drug-likeness (QED) is 0.599. The van der Waals surface area contributed by atoms with Crippen LogP contribution in [-0.4, -0.2) is 77.0 Å². The highest BCUT2D eigenvalue weighted by Crippen LogP contribution is 2.29. The van der Waals surface area contributed by atoms with E-state index in [4.69, 9.17) is 4.52 Å². The van der Waals surface area contributed by atoms with Crippen LogP contribution in [0.3, 0.4) is 0 Å². The number of carbonyl (C=O) groups excluding carboxylic acids is 2. The molecule has 4 rings (SSSR count). The monoisotopic (exact) mass is 470 g/mol. The van der Waals surface area contributed by atoms with Gasteiger partial charge in [0.15, 0.2) is 0 Å². The number of aryl methyl sites for hydroxylation is 2. The predicted octanol–water partition coefficient (Wildman–Crippen LogP) is 3.74. The molecule has 1 aromatic carbocycles. The fourth-order valence-corrected chi connectivity index (χ4v) is 5.85. The van der Waals surface area contributed by atoms with Gasteiger partial charge in [0.1, 0.15) is 5.76 Å². The molecule has 0 spiro atoms. The molecule has 2 aliphatic rings. The van der Waals surface area contributed by atoms with Gasteiger partial charge in [-0.1, -0.05) is 17.3 Å². The van der Waals surface area contributed by atoms with Crippen LogP contribution in [0.1, 0.15) is 53.6 Å². The second kappa shape index (κ2) is 10.7. The summed E-state index contributed by atoms with van der Waals surface area (Å²) in [6.07, 6.45) is 3.41. The number of likely N-dealkylation sites (tertiary alicyclic amines) is 1. The molecule has 1 aromatic heterocycles. The zero-order chi connectivity index (χ0) is 23.4. The number of hydrogen-bond acceptors (Lipinski definition) is 6. The molecule has 1 unspecified atom stereocenters. The van der Waals surface area contributed by atoms with Crippen molar-refractivity contribution in [2.24, 2.45) is 0 Å². The third-order valence-corrected chi connectivity index (χ3v) is 7.91. The molecule has 7 nitrogen and oxygen atoms in total. The smallest absolute Gasteiger partial charge is 0.255 e. The Balaban J connectivity index is 1.33. The summed E-state index contributed by atoms with van der Waals surface area (Å²) in [7, 11) is 0. The second-order valence-electron chi connectivity index (χ2n) is 9.09. The number of piperazine rings is 1. The third kappa shape index (κ3) is 5.61. The first-order valence-corrected chi connectivity index (χ1v) is 12.9. The first kappa shape index (κ1) is 23.8. The number of hydrogen-bond donors (Lipinski definition) is 0. The van der Waals surface area contributed by atoms with Gasteiger partial charge in [-0.15, -0.1) is 11.8 Å². The second-order valence-corrected chi connectivity index (χ2v) is 10.1. The normalized spacial score (nSPS) is 19.7. The lowest BCUT2D eigenvalue weighted by atomic mass is 10.0. The molecule has 2 fully saturated rings. The highest BCUT2D eigenvalue weighted by Gasteiger charge is 2.28. The number of aromatic nitrogens is 1. The van der Waals surface area contributed by atoms with Crippen molar-refractivity contribution in [3.8, 4) is 0 Å². The molecule has 0 radical (unpaired) electrons. The van der Waals surface area contributed by atoms with Crippen LogP contribution in [0.5, 0.6) is 0 Å². The van der Waals surface area contributed by atoms with Crippen molar-refractivity contribution in [1.29, 1.82) is 0 Å². The first-order valence-electron chi connectivity index (χ1n) is 11.9. The van der Waals surface area contributed by atoms with Gasteiger partial charge in [0.25, 0.3) is 5.91 Å². The predicted molar refractivity (Wildman–Crippen MR) is 129 cm³/mol. The number of benzene rings is 1. The Morgan fingerprint density at radius 3 is 2.55 bits per heavy atom. The molecule has 33 heavy (non-hydrogen) atoms. The van der Waals surface area contributed by atoms with Gasteiger partial charge in [-0.3, -0.25) is 14.5 Å². The maximum absolute atomic E-state index is 13.3. The van der Waals surface area contributed by atoms with Crippen molar-refractivity contribution >= 4 is 23.6 Å². The lowest BCUT2D eigenvalue weighted by molar-refractivity contribution is -0.136. The largest absolute Gasteiger partial charge is 0.361 e. The van der Waals surface area contributed by atoms with Gasteiger partial charge in [-0.25, -0.2) is 0 Å². The molecule has 2 saturated heterocycles. The lowest BCUT2D eigenvalue weighted by Gasteiger charge is -2.38. The zero-order valence-electron chi connectivity index (χ0n) is 19.9. The Kier molecular flexibility index (Phi) is 7.75. The average molecular weight is 471 g/mol. The number of amides is 2. The summed E-state index contributed by atoms with van der Waals surface area (Å²) in [6.45, 7) is 10.1. The summed E-state index contributed by atoms with van der Waals surface area (Å²) >= 11 is 1.64. The number of nitrogens with zero attached hydrogens (tertiary/aromatic N) is 4. The molecule has 1 atom stereocenters. The van der Waals surface area contributed by atoms with Crippen LogP contribution in [0.25, 0.3) is 0 Å². The van der Waals surface area contributed by atoms with E-state index in [-0.39, 0.29) is 11.8 Å². The molecular formula is C25H34N4O3S. The average Bonchev–Trinajstić information content (AvgIpc) is 3.15. The number of rotatable bonds is 6. The Morgan fingerprint density at radius 1 is 1.09 bits per heavy atom. The fourth-order valence-electron chi connectivity index (χ4n) is 4.66. The summed E-state index contributed by atoms with van der Waals surface area (Å²) in [5.74, 6) is 1.83. The fraction of sp³-hybridized carbons (Fsp3) is 0.560. The topological polar surface area (TPSA) is 69.9 Å². The number of thioether (sulfide) groups is 1. The molecular weight excluding hydrogens is 436 g/mol. The van der Waals surface area contributed by atoms with E-state index in [1.807, 2.05) is 47.9 Å². The highest BCUT2D eigenvalue weighted by molar-refractivity contribution is 7.98. The Labute approximate surface area is 200 Å². The van der Waals surface area contributed by atoms with Gasteiger partial charge < -0.3 is 14.3 Å². The molecule has 2 aromatic rings. The van der Waals surface area contributed by atoms with Crippen molar-refractivity contribution < 1.29 is 14.1 Å². The van der Waals surface area contributed by atoms with Crippen molar-refractivity contribution in [1.82, 2.24) is 19.9 Å². The van der Waals surface area contributed by atoms with Gasteiger partial charge in [0.05, 0.1) is 17.8 Å². The summed E-state index contributed by atoms with van der Waals surface area (Å²) in [5, 5.41) is 4.03. The summed E-state index contributed by atoms with van der Waals surface area (Å²) in [4.78, 5) is 33.2. The van der Waals surface area contributed by atoms with Gasteiger partial charge >= 0.3 is 0 Å². The highest BCUT2D eigenvalue weighted by atomic mass is 32.2. The maximum Gasteiger partial charge on any atom is 0.255 e. The minimum atomic E-state index is 0.0625. The van der Waals surface area contributed by atoms with E-state index in [1.54, 1.807) is 11.8 Å². The van der Waals surface area contributed by atoms with E-state index < -0.39 is 0 Å². The van der Waals surface area contributed by atoms with Crippen molar-refractivity contribution in [3.63, 3.8) is 0 Å². The molecule has 2 aliphatic heterocycles. The standard InChI is InChI=1S/C25H34N4O3S/c1-18-8-6-7-11-29(18)24(30)16-27-12-14-28(15-13-27)25(31)21-9-4-5-10-23(21)33-17-22-19(2)26-32-20(22)3/h4-5,9-10,18H,6-8,11-17H2,1-3H3. The zero-order valence-corrected chi connectivity index (χ0v) is 20.7. The molecule has 178 valence electrons. The molecule has 0 saturated carbocycles. The van der Waals surface area contributed by atoms with Crippen LogP contribution >= 0.6 is 11.8 Å². The van der Waals surface area contributed by atoms with Gasteiger partial charge in [0.2, 0.25) is 5.91 Å². The molecule has 0 N–H and O–H groups in total. The van der Waals surface area contributed by atoms with Crippen LogP contribution < -0.4 is 0 Å². The summed E-state index contributed by atoms with van der Waals surface area (Å²) in [5.41, 5.74) is 2.72. The maximum atomic E-state index is 13.3. The summed E-state index contributed by atoms with van der Waals surface area (Å²) < 4.78 is 5.27. The SMILES string of the molecule is Cc1noc(C)c1CSc1ccccc1C(=O)N1CCN(CC(=O)N2CCCCC2C)CC1. The van der Waals surface area contributed by atoms with E-state index in [1.165, 1.54) is 6.42 Å². The van der Waals surface area contributed by atoms with E-state index in [0.29, 0.717) is 25.7 Å². The van der Waals surface area contributed by atoms with E-state index in [2.05, 4.69) is 17.0 Å². The Morgan fingerprint density at radius 2 is 1.85 bits per heavy atom. The third-order valence-electron chi connectivity index (χ3n) is 6.81. The molecule has 0 bridgehead atoms. The van der Waals surface area contributed by atoms with E-state index in [9.17, 15) is 9.59 Å². The Hall–Kier alpha value is -2.32. The molecule has 0 aliphatic carbocycles. The van der Waals surface area contributed by atoms with Crippen molar-refractivity contribution in [2.75, 3.05) is 39.3 Å². The minimum Gasteiger partial charge on any atom is -0.361 e. The van der Waals surface area contributed by atoms with Gasteiger partial charge in [0, 0.05) is 55.0 Å². The van der Waals surface area contributed by atoms with Crippen LogP contribution in [0, 0.1) is 13.8 Å². The van der Waals surface area contributed by atoms with E-state index in [0.717, 1.165) is 65.7 Å².